The Morgan fingerprint density at radius 1 is 0.457 bits per heavy atom. The lowest BCUT2D eigenvalue weighted by Gasteiger charge is -2.31. The van der Waals surface area contributed by atoms with Gasteiger partial charge in [-0.05, 0) is 93.0 Å². The van der Waals surface area contributed by atoms with Crippen LogP contribution in [0.15, 0.2) is 60.7 Å². The van der Waals surface area contributed by atoms with Crippen LogP contribution in [-0.2, 0) is 5.41 Å². The Bertz CT molecular complexity index is 1410. The molecule has 0 bridgehead atoms. The molecule has 0 atom stereocenters. The number of hydrogen-bond donors (Lipinski definition) is 2. The fourth-order valence-electron chi connectivity index (χ4n) is 5.91. The monoisotopic (exact) mass is 466 g/mol. The van der Waals surface area contributed by atoms with E-state index in [4.69, 9.17) is 30.4 Å². The number of nitrogens with two attached hydrogens (primary N) is 2. The molecule has 6 rings (SSSR count). The van der Waals surface area contributed by atoms with Crippen molar-refractivity contribution in [2.24, 2.45) is 0 Å². The van der Waals surface area contributed by atoms with Gasteiger partial charge in [-0.3, -0.25) is 0 Å². The molecular weight excluding hydrogens is 440 g/mol. The molecule has 4 N–H and O–H groups in total. The number of anilines is 2. The maximum Gasteiger partial charge on any atom is 0.161 e. The first-order valence-corrected chi connectivity index (χ1v) is 11.3. The highest BCUT2D eigenvalue weighted by Gasteiger charge is 2.53. The Hall–Kier alpha value is -4.32. The van der Waals surface area contributed by atoms with E-state index in [9.17, 15) is 0 Å². The van der Waals surface area contributed by atoms with Gasteiger partial charge in [-0.15, -0.1) is 0 Å². The zero-order chi connectivity index (χ0) is 24.5. The molecule has 0 heterocycles. The minimum absolute atomic E-state index is 0.658. The molecular formula is C29H26N2O4. The number of nitrogen functional groups attached to an aromatic ring is 2. The van der Waals surface area contributed by atoms with E-state index in [0.29, 0.717) is 34.4 Å². The van der Waals surface area contributed by atoms with Gasteiger partial charge in [0.15, 0.2) is 23.0 Å². The van der Waals surface area contributed by atoms with E-state index in [-0.39, 0.29) is 0 Å². The van der Waals surface area contributed by atoms with Crippen LogP contribution in [0.5, 0.6) is 23.0 Å². The van der Waals surface area contributed by atoms with Crippen molar-refractivity contribution < 1.29 is 18.9 Å². The lowest BCUT2D eigenvalue weighted by Crippen LogP contribution is -2.26. The van der Waals surface area contributed by atoms with Gasteiger partial charge in [0.2, 0.25) is 0 Å². The topological polar surface area (TPSA) is 89.0 Å². The van der Waals surface area contributed by atoms with Gasteiger partial charge < -0.3 is 30.4 Å². The largest absolute Gasteiger partial charge is 0.493 e. The van der Waals surface area contributed by atoms with Crippen LogP contribution in [0.3, 0.4) is 0 Å². The number of benzene rings is 4. The zero-order valence-corrected chi connectivity index (χ0v) is 20.1. The van der Waals surface area contributed by atoms with E-state index in [2.05, 4.69) is 36.4 Å². The maximum absolute atomic E-state index is 6.38. The smallest absolute Gasteiger partial charge is 0.161 e. The van der Waals surface area contributed by atoms with Gasteiger partial charge in [-0.25, -0.2) is 0 Å². The quantitative estimate of drug-likeness (QED) is 0.346. The molecule has 0 fully saturated rings. The summed E-state index contributed by atoms with van der Waals surface area (Å²) in [6, 6.07) is 20.4. The number of fused-ring (bicyclic) bond motifs is 10. The van der Waals surface area contributed by atoms with Crippen molar-refractivity contribution in [3.05, 3.63) is 82.9 Å². The molecule has 0 unspecified atom stereocenters. The molecule has 0 aromatic heterocycles. The van der Waals surface area contributed by atoms with Crippen LogP contribution in [0, 0.1) is 0 Å². The van der Waals surface area contributed by atoms with Gasteiger partial charge in [-0.1, -0.05) is 12.1 Å². The van der Waals surface area contributed by atoms with Gasteiger partial charge in [0, 0.05) is 11.4 Å². The van der Waals surface area contributed by atoms with Crippen LogP contribution in [0.25, 0.3) is 22.3 Å². The summed E-state index contributed by atoms with van der Waals surface area (Å²) in [6.45, 7) is 0. The van der Waals surface area contributed by atoms with Gasteiger partial charge >= 0.3 is 0 Å². The molecule has 176 valence electrons. The molecule has 4 aromatic carbocycles. The van der Waals surface area contributed by atoms with E-state index in [1.54, 1.807) is 28.4 Å². The van der Waals surface area contributed by atoms with Gasteiger partial charge in [0.1, 0.15) is 0 Å². The highest BCUT2D eigenvalue weighted by molar-refractivity contribution is 5.97. The molecule has 2 aliphatic carbocycles. The molecule has 2 aliphatic rings. The second-order valence-corrected chi connectivity index (χ2v) is 8.87. The Morgan fingerprint density at radius 2 is 0.800 bits per heavy atom. The second-order valence-electron chi connectivity index (χ2n) is 8.87. The lowest BCUT2D eigenvalue weighted by molar-refractivity contribution is 0.354. The number of rotatable bonds is 4. The summed E-state index contributed by atoms with van der Waals surface area (Å²) in [7, 11) is 6.60. The molecule has 0 amide bonds. The van der Waals surface area contributed by atoms with Crippen LogP contribution in [0.2, 0.25) is 0 Å². The van der Waals surface area contributed by atoms with E-state index >= 15 is 0 Å². The third-order valence-corrected chi connectivity index (χ3v) is 7.33. The Balaban J connectivity index is 1.84. The minimum Gasteiger partial charge on any atom is -0.493 e. The molecule has 0 saturated carbocycles. The number of hydrogen-bond acceptors (Lipinski definition) is 6. The third kappa shape index (κ3) is 2.59. The average Bonchev–Trinajstić information content (AvgIpc) is 3.31. The van der Waals surface area contributed by atoms with Crippen molar-refractivity contribution in [1.29, 1.82) is 0 Å². The SMILES string of the molecule is COc1cc2c(cc1OC)C1(c3cc(N)ccc3-2)c2cc(N)ccc2-c2cc(OC)c(OC)cc21. The number of methoxy groups -OCH3 is 4. The van der Waals surface area contributed by atoms with Crippen LogP contribution in [-0.4, -0.2) is 28.4 Å². The summed E-state index contributed by atoms with van der Waals surface area (Å²) in [6.07, 6.45) is 0. The molecule has 6 nitrogen and oxygen atoms in total. The van der Waals surface area contributed by atoms with Crippen molar-refractivity contribution in [1.82, 2.24) is 0 Å². The summed E-state index contributed by atoms with van der Waals surface area (Å²) in [4.78, 5) is 0. The van der Waals surface area contributed by atoms with Crippen molar-refractivity contribution in [3.63, 3.8) is 0 Å². The standard InChI is InChI=1S/C29H26N2O4/c1-32-25-11-19-17-7-5-15(30)9-21(17)29(23(19)13-27(25)34-3)22-10-16(31)6-8-18(22)20-12-26(33-2)28(35-4)14-24(20)29/h5-14H,30-31H2,1-4H3. The zero-order valence-electron chi connectivity index (χ0n) is 20.1. The Labute approximate surface area is 204 Å². The van der Waals surface area contributed by atoms with Crippen molar-refractivity contribution >= 4 is 11.4 Å². The third-order valence-electron chi connectivity index (χ3n) is 7.33. The normalized spacial score (nSPS) is 13.6. The fraction of sp³-hybridized carbons (Fsp3) is 0.172. The van der Waals surface area contributed by atoms with Gasteiger partial charge in [0.25, 0.3) is 0 Å². The molecule has 35 heavy (non-hydrogen) atoms. The van der Waals surface area contributed by atoms with E-state index in [1.165, 1.54) is 0 Å². The maximum atomic E-state index is 6.38. The van der Waals surface area contributed by atoms with Crippen LogP contribution < -0.4 is 30.4 Å². The van der Waals surface area contributed by atoms with E-state index < -0.39 is 5.41 Å². The van der Waals surface area contributed by atoms with Crippen LogP contribution in [0.1, 0.15) is 22.3 Å². The molecule has 0 aliphatic heterocycles. The lowest BCUT2D eigenvalue weighted by atomic mass is 9.70. The van der Waals surface area contributed by atoms with Gasteiger partial charge in [0.05, 0.1) is 33.9 Å². The first-order chi connectivity index (χ1) is 17.0. The summed E-state index contributed by atoms with van der Waals surface area (Å²) >= 11 is 0. The highest BCUT2D eigenvalue weighted by atomic mass is 16.5. The number of ether oxygens (including phenoxy) is 4. The Morgan fingerprint density at radius 3 is 1.17 bits per heavy atom. The summed E-state index contributed by atoms with van der Waals surface area (Å²) in [5.74, 6) is 2.66. The Kier molecular flexibility index (Phi) is 4.45. The van der Waals surface area contributed by atoms with Crippen molar-refractivity contribution in [2.75, 3.05) is 39.9 Å². The highest BCUT2D eigenvalue weighted by Crippen LogP contribution is 2.65. The van der Waals surface area contributed by atoms with Gasteiger partial charge in [-0.2, -0.15) is 0 Å². The van der Waals surface area contributed by atoms with Crippen LogP contribution >= 0.6 is 0 Å². The van der Waals surface area contributed by atoms with Crippen molar-refractivity contribution in [3.8, 4) is 45.3 Å². The average molecular weight is 467 g/mol. The molecule has 6 heteroatoms. The van der Waals surface area contributed by atoms with Crippen LogP contribution in [0.4, 0.5) is 11.4 Å². The summed E-state index contributed by atoms with van der Waals surface area (Å²) in [5, 5.41) is 0. The molecule has 1 spiro atoms. The predicted octanol–water partition coefficient (Wildman–Crippen LogP) is 5.23. The summed E-state index contributed by atoms with van der Waals surface area (Å²) < 4.78 is 22.8. The first kappa shape index (κ1) is 21.2. The van der Waals surface area contributed by atoms with E-state index in [0.717, 1.165) is 44.5 Å². The molecule has 0 saturated heterocycles. The summed E-state index contributed by atoms with van der Waals surface area (Å²) in [5.41, 5.74) is 22.1. The fourth-order valence-corrected chi connectivity index (χ4v) is 5.91. The van der Waals surface area contributed by atoms with Crippen molar-refractivity contribution in [2.45, 2.75) is 5.41 Å². The molecule has 4 aromatic rings. The second kappa shape index (κ2) is 7.34. The minimum atomic E-state index is -0.667. The predicted molar refractivity (Wildman–Crippen MR) is 138 cm³/mol. The van der Waals surface area contributed by atoms with E-state index in [1.807, 2.05) is 24.3 Å². The molecule has 0 radical (unpaired) electrons. The first-order valence-electron chi connectivity index (χ1n) is 11.3.